The van der Waals surface area contributed by atoms with Gasteiger partial charge in [0.1, 0.15) is 0 Å². The summed E-state index contributed by atoms with van der Waals surface area (Å²) >= 11 is 0. The van der Waals surface area contributed by atoms with Crippen molar-refractivity contribution in [3.8, 4) is 40.0 Å². The number of pyridine rings is 1. The van der Waals surface area contributed by atoms with Crippen molar-refractivity contribution in [1.82, 2.24) is 0 Å². The van der Waals surface area contributed by atoms with Crippen LogP contribution in [0.5, 0.6) is 28.7 Å². The molecular weight excluding hydrogens is 346 g/mol. The summed E-state index contributed by atoms with van der Waals surface area (Å²) in [6.45, 7) is 1.18. The average molecular weight is 366 g/mol. The molecule has 0 spiro atoms. The van der Waals surface area contributed by atoms with E-state index in [4.69, 9.17) is 23.7 Å². The topological polar surface area (TPSA) is 50.0 Å². The van der Waals surface area contributed by atoms with Gasteiger partial charge in [0.25, 0.3) is 0 Å². The first-order valence-electron chi connectivity index (χ1n) is 8.82. The second-order valence-corrected chi connectivity index (χ2v) is 6.61. The van der Waals surface area contributed by atoms with E-state index in [1.165, 1.54) is 5.56 Å². The quantitative estimate of drug-likeness (QED) is 0.667. The Balaban J connectivity index is 1.79. The molecule has 3 heterocycles. The summed E-state index contributed by atoms with van der Waals surface area (Å²) in [5, 5.41) is 2.02. The van der Waals surface area contributed by atoms with Crippen LogP contribution >= 0.6 is 0 Å². The molecule has 0 saturated carbocycles. The van der Waals surface area contributed by atoms with Crippen molar-refractivity contribution >= 4 is 10.8 Å². The Kier molecular flexibility index (Phi) is 3.53. The molecule has 138 valence electrons. The van der Waals surface area contributed by atoms with Gasteiger partial charge in [0, 0.05) is 17.9 Å². The van der Waals surface area contributed by atoms with E-state index in [9.17, 15) is 0 Å². The van der Waals surface area contributed by atoms with Crippen molar-refractivity contribution in [1.29, 1.82) is 0 Å². The lowest BCUT2D eigenvalue weighted by molar-refractivity contribution is -0.686. The number of nitrogens with zero attached hydrogens (tertiary/aromatic N) is 1. The van der Waals surface area contributed by atoms with Crippen LogP contribution < -0.4 is 28.3 Å². The molecule has 0 N–H and O–H groups in total. The number of ether oxygens (including phenoxy) is 5. The van der Waals surface area contributed by atoms with E-state index >= 15 is 0 Å². The molecule has 2 aliphatic heterocycles. The van der Waals surface area contributed by atoms with Gasteiger partial charge in [-0.3, -0.25) is 0 Å². The van der Waals surface area contributed by atoms with Crippen LogP contribution in [0.3, 0.4) is 0 Å². The molecule has 3 aromatic rings. The second-order valence-electron chi connectivity index (χ2n) is 6.61. The maximum Gasteiger partial charge on any atom is 0.231 e. The first kappa shape index (κ1) is 16.1. The zero-order chi connectivity index (χ0) is 18.5. The van der Waals surface area contributed by atoms with Gasteiger partial charge in [0.2, 0.25) is 18.2 Å². The molecule has 0 amide bonds. The predicted octanol–water partition coefficient (Wildman–Crippen LogP) is 3.10. The lowest BCUT2D eigenvalue weighted by Gasteiger charge is -2.18. The lowest BCUT2D eigenvalue weighted by atomic mass is 9.95. The molecule has 6 nitrogen and oxygen atoms in total. The van der Waals surface area contributed by atoms with Gasteiger partial charge < -0.3 is 23.7 Å². The minimum absolute atomic E-state index is 0.279. The molecule has 2 aliphatic rings. The molecule has 27 heavy (non-hydrogen) atoms. The van der Waals surface area contributed by atoms with Crippen LogP contribution in [0.15, 0.2) is 30.5 Å². The lowest BCUT2D eigenvalue weighted by Crippen LogP contribution is -2.40. The van der Waals surface area contributed by atoms with Gasteiger partial charge in [-0.2, -0.15) is 4.57 Å². The number of hydrogen-bond donors (Lipinski definition) is 0. The number of fused-ring (bicyclic) bond motifs is 5. The van der Waals surface area contributed by atoms with E-state index in [1.807, 2.05) is 6.07 Å². The molecule has 6 heteroatoms. The van der Waals surface area contributed by atoms with Gasteiger partial charge in [-0.1, -0.05) is 0 Å². The SMILES string of the molecule is COc1cc2c[n+]3c(cc2c(OC)c1OC)-c1cc2c(cc1CC3)OCO2. The van der Waals surface area contributed by atoms with Crippen LogP contribution in [0.4, 0.5) is 0 Å². The van der Waals surface area contributed by atoms with E-state index in [-0.39, 0.29) is 6.79 Å². The number of aromatic nitrogens is 1. The van der Waals surface area contributed by atoms with Crippen LogP contribution in [0.1, 0.15) is 5.56 Å². The number of aryl methyl sites for hydroxylation is 2. The summed E-state index contributed by atoms with van der Waals surface area (Å²) < 4.78 is 30.1. The number of methoxy groups -OCH3 is 3. The van der Waals surface area contributed by atoms with Crippen LogP contribution in [0, 0.1) is 0 Å². The third-order valence-corrected chi connectivity index (χ3v) is 5.28. The number of hydrogen-bond acceptors (Lipinski definition) is 5. The maximum absolute atomic E-state index is 5.69. The molecule has 1 aromatic heterocycles. The van der Waals surface area contributed by atoms with Gasteiger partial charge in [-0.25, -0.2) is 0 Å². The van der Waals surface area contributed by atoms with Crippen molar-refractivity contribution in [2.45, 2.75) is 13.0 Å². The minimum atomic E-state index is 0.279. The van der Waals surface area contributed by atoms with E-state index in [1.54, 1.807) is 21.3 Å². The van der Waals surface area contributed by atoms with Gasteiger partial charge in [0.05, 0.1) is 32.3 Å². The first-order chi connectivity index (χ1) is 13.2. The van der Waals surface area contributed by atoms with Crippen molar-refractivity contribution < 1.29 is 28.3 Å². The molecule has 0 unspecified atom stereocenters. The molecule has 0 aliphatic carbocycles. The third-order valence-electron chi connectivity index (χ3n) is 5.28. The fourth-order valence-electron chi connectivity index (χ4n) is 4.00. The summed E-state index contributed by atoms with van der Waals surface area (Å²) in [5.41, 5.74) is 3.54. The predicted molar refractivity (Wildman–Crippen MR) is 99.1 cm³/mol. The largest absolute Gasteiger partial charge is 0.493 e. The zero-order valence-corrected chi connectivity index (χ0v) is 15.5. The highest BCUT2D eigenvalue weighted by atomic mass is 16.7. The Labute approximate surface area is 156 Å². The fourth-order valence-corrected chi connectivity index (χ4v) is 4.00. The molecule has 0 radical (unpaired) electrons. The van der Waals surface area contributed by atoms with E-state index in [0.29, 0.717) is 17.2 Å². The van der Waals surface area contributed by atoms with Crippen molar-refractivity contribution in [3.63, 3.8) is 0 Å². The molecular formula is C21H20NO5+. The van der Waals surface area contributed by atoms with Gasteiger partial charge in [0.15, 0.2) is 35.7 Å². The van der Waals surface area contributed by atoms with E-state index < -0.39 is 0 Å². The van der Waals surface area contributed by atoms with E-state index in [2.05, 4.69) is 29.0 Å². The Morgan fingerprint density at radius 2 is 1.67 bits per heavy atom. The van der Waals surface area contributed by atoms with Crippen molar-refractivity contribution in [2.24, 2.45) is 0 Å². The molecule has 2 aromatic carbocycles. The summed E-state index contributed by atoms with van der Waals surface area (Å²) in [6, 6.07) is 8.30. The zero-order valence-electron chi connectivity index (χ0n) is 15.5. The Bertz CT molecular complexity index is 1080. The van der Waals surface area contributed by atoms with Gasteiger partial charge in [-0.05, 0) is 23.8 Å². The fraction of sp³-hybridized carbons (Fsp3) is 0.286. The van der Waals surface area contributed by atoms with Crippen LogP contribution in [0.25, 0.3) is 22.0 Å². The van der Waals surface area contributed by atoms with Gasteiger partial charge >= 0.3 is 0 Å². The first-order valence-corrected chi connectivity index (χ1v) is 8.82. The van der Waals surface area contributed by atoms with Crippen LogP contribution in [-0.2, 0) is 13.0 Å². The standard InChI is InChI=1S/C21H20NO5/c1-23-19-7-13-10-22-5-4-12-6-17-18(27-11-26-17)9-14(12)16(22)8-15(13)20(24-2)21(19)25-3/h6-10H,4-5,11H2,1-3H3/q+1. The normalized spacial score (nSPS) is 13.9. The third kappa shape index (κ3) is 2.29. The Morgan fingerprint density at radius 3 is 2.41 bits per heavy atom. The Hall–Kier alpha value is -3.15. The molecule has 0 atom stereocenters. The molecule has 5 rings (SSSR count). The maximum atomic E-state index is 5.69. The summed E-state index contributed by atoms with van der Waals surface area (Å²) in [7, 11) is 4.90. The Morgan fingerprint density at radius 1 is 0.889 bits per heavy atom. The highest BCUT2D eigenvalue weighted by Crippen LogP contribution is 2.45. The molecule has 0 fully saturated rings. The smallest absolute Gasteiger partial charge is 0.231 e. The highest BCUT2D eigenvalue weighted by Gasteiger charge is 2.29. The highest BCUT2D eigenvalue weighted by molar-refractivity contribution is 5.94. The summed E-state index contributed by atoms with van der Waals surface area (Å²) in [6.07, 6.45) is 3.09. The monoisotopic (exact) mass is 366 g/mol. The van der Waals surface area contributed by atoms with Crippen LogP contribution in [0.2, 0.25) is 0 Å². The number of benzene rings is 2. The average Bonchev–Trinajstić information content (AvgIpc) is 3.16. The van der Waals surface area contributed by atoms with Crippen molar-refractivity contribution in [2.75, 3.05) is 28.1 Å². The molecule has 0 bridgehead atoms. The van der Waals surface area contributed by atoms with Crippen molar-refractivity contribution in [3.05, 3.63) is 36.0 Å². The molecule has 0 saturated heterocycles. The summed E-state index contributed by atoms with van der Waals surface area (Å²) in [5.74, 6) is 3.54. The second kappa shape index (κ2) is 5.94. The minimum Gasteiger partial charge on any atom is -0.493 e. The van der Waals surface area contributed by atoms with Crippen LogP contribution in [-0.4, -0.2) is 28.1 Å². The van der Waals surface area contributed by atoms with E-state index in [0.717, 1.165) is 46.5 Å². The number of rotatable bonds is 3. The van der Waals surface area contributed by atoms with Gasteiger partial charge in [-0.15, -0.1) is 0 Å². The summed E-state index contributed by atoms with van der Waals surface area (Å²) in [4.78, 5) is 0.